The largest absolute Gasteiger partial charge is 0.379 e. The van der Waals surface area contributed by atoms with E-state index in [4.69, 9.17) is 14.2 Å². The van der Waals surface area contributed by atoms with Gasteiger partial charge < -0.3 is 14.2 Å². The topological polar surface area (TPSA) is 27.7 Å². The third kappa shape index (κ3) is 1.66. The molecule has 1 aromatic carbocycles. The van der Waals surface area contributed by atoms with Gasteiger partial charge in [-0.25, -0.2) is 0 Å². The number of hydrogen-bond acceptors (Lipinski definition) is 3. The Hall–Kier alpha value is -0.900. The molecule has 0 saturated carbocycles. The van der Waals surface area contributed by atoms with Crippen LogP contribution in [0, 0.1) is 0 Å². The molecule has 1 aliphatic heterocycles. The van der Waals surface area contributed by atoms with Gasteiger partial charge in [0.25, 0.3) is 0 Å². The highest BCUT2D eigenvalue weighted by Gasteiger charge is 2.38. The predicted molar refractivity (Wildman–Crippen MR) is 51.9 cm³/mol. The van der Waals surface area contributed by atoms with Crippen molar-refractivity contribution in [2.24, 2.45) is 0 Å². The van der Waals surface area contributed by atoms with Crippen LogP contribution in [0.15, 0.2) is 30.3 Å². The number of methoxy groups -OCH3 is 1. The second-order valence-corrected chi connectivity index (χ2v) is 3.25. The maximum absolute atomic E-state index is 5.62. The Balaban J connectivity index is 2.27. The second kappa shape index (κ2) is 4.09. The van der Waals surface area contributed by atoms with Crippen molar-refractivity contribution in [3.63, 3.8) is 0 Å². The summed E-state index contributed by atoms with van der Waals surface area (Å²) in [5.41, 5.74) is 1.01. The van der Waals surface area contributed by atoms with Crippen LogP contribution >= 0.6 is 0 Å². The molecule has 0 aliphatic carbocycles. The molecular weight excluding hydrogens is 180 g/mol. The van der Waals surface area contributed by atoms with Crippen LogP contribution in [-0.2, 0) is 20.0 Å². The molecule has 0 aromatic heterocycles. The fraction of sp³-hybridized carbons (Fsp3) is 0.455. The Morgan fingerprint density at radius 3 is 2.43 bits per heavy atom. The van der Waals surface area contributed by atoms with Gasteiger partial charge in [0, 0.05) is 12.7 Å². The van der Waals surface area contributed by atoms with Gasteiger partial charge in [0.15, 0.2) is 0 Å². The van der Waals surface area contributed by atoms with Gasteiger partial charge in [0.2, 0.25) is 5.79 Å². The molecule has 1 heterocycles. The lowest BCUT2D eigenvalue weighted by Crippen LogP contribution is -2.32. The zero-order valence-corrected chi connectivity index (χ0v) is 8.23. The lowest BCUT2D eigenvalue weighted by atomic mass is 10.1. The SMILES string of the molecule is COCC1(c2ccccc2)OCCO1. The highest BCUT2D eigenvalue weighted by atomic mass is 16.8. The van der Waals surface area contributed by atoms with Crippen molar-refractivity contribution in [2.75, 3.05) is 26.9 Å². The monoisotopic (exact) mass is 194 g/mol. The summed E-state index contributed by atoms with van der Waals surface area (Å²) in [7, 11) is 1.65. The average Bonchev–Trinajstić information content (AvgIpc) is 2.70. The first kappa shape index (κ1) is 9.65. The summed E-state index contributed by atoms with van der Waals surface area (Å²) in [6, 6.07) is 9.89. The van der Waals surface area contributed by atoms with Crippen molar-refractivity contribution in [3.8, 4) is 0 Å². The third-order valence-electron chi connectivity index (χ3n) is 2.30. The smallest absolute Gasteiger partial charge is 0.219 e. The Labute approximate surface area is 83.6 Å². The highest BCUT2D eigenvalue weighted by molar-refractivity contribution is 5.21. The summed E-state index contributed by atoms with van der Waals surface area (Å²) in [6.45, 7) is 1.67. The molecule has 2 rings (SSSR count). The maximum Gasteiger partial charge on any atom is 0.219 e. The Morgan fingerprint density at radius 1 is 1.21 bits per heavy atom. The Morgan fingerprint density at radius 2 is 1.86 bits per heavy atom. The lowest BCUT2D eigenvalue weighted by molar-refractivity contribution is -0.197. The van der Waals surface area contributed by atoms with Gasteiger partial charge in [-0.15, -0.1) is 0 Å². The van der Waals surface area contributed by atoms with E-state index < -0.39 is 5.79 Å². The van der Waals surface area contributed by atoms with Crippen molar-refractivity contribution in [1.29, 1.82) is 0 Å². The molecule has 76 valence electrons. The van der Waals surface area contributed by atoms with Crippen molar-refractivity contribution in [3.05, 3.63) is 35.9 Å². The zero-order chi connectivity index (χ0) is 9.86. The Bertz CT molecular complexity index is 278. The molecule has 3 heteroatoms. The minimum Gasteiger partial charge on any atom is -0.379 e. The van der Waals surface area contributed by atoms with Gasteiger partial charge in [-0.1, -0.05) is 30.3 Å². The molecule has 0 amide bonds. The van der Waals surface area contributed by atoms with Crippen molar-refractivity contribution in [2.45, 2.75) is 5.79 Å². The summed E-state index contributed by atoms with van der Waals surface area (Å²) in [4.78, 5) is 0. The first-order valence-corrected chi connectivity index (χ1v) is 4.70. The summed E-state index contributed by atoms with van der Waals surface area (Å²) in [5.74, 6) is -0.685. The van der Waals surface area contributed by atoms with Crippen LogP contribution in [0.4, 0.5) is 0 Å². The van der Waals surface area contributed by atoms with Crippen molar-refractivity contribution in [1.82, 2.24) is 0 Å². The van der Waals surface area contributed by atoms with E-state index in [1.165, 1.54) is 0 Å². The minimum atomic E-state index is -0.685. The van der Waals surface area contributed by atoms with E-state index in [2.05, 4.69) is 0 Å². The number of hydrogen-bond donors (Lipinski definition) is 0. The molecule has 0 radical (unpaired) electrons. The van der Waals surface area contributed by atoms with Gasteiger partial charge in [-0.05, 0) is 0 Å². The molecule has 3 nitrogen and oxygen atoms in total. The number of rotatable bonds is 3. The Kier molecular flexibility index (Phi) is 2.82. The zero-order valence-electron chi connectivity index (χ0n) is 8.23. The summed E-state index contributed by atoms with van der Waals surface area (Å²) in [6.07, 6.45) is 0. The summed E-state index contributed by atoms with van der Waals surface area (Å²) >= 11 is 0. The van der Waals surface area contributed by atoms with Crippen LogP contribution in [0.2, 0.25) is 0 Å². The van der Waals surface area contributed by atoms with Crippen LogP contribution in [0.5, 0.6) is 0 Å². The van der Waals surface area contributed by atoms with E-state index in [1.54, 1.807) is 7.11 Å². The molecule has 0 N–H and O–H groups in total. The van der Waals surface area contributed by atoms with Crippen LogP contribution < -0.4 is 0 Å². The molecular formula is C11H14O3. The van der Waals surface area contributed by atoms with Crippen LogP contribution in [-0.4, -0.2) is 26.9 Å². The fourth-order valence-electron chi connectivity index (χ4n) is 1.67. The molecule has 1 fully saturated rings. The first-order valence-electron chi connectivity index (χ1n) is 4.70. The molecule has 1 aromatic rings. The van der Waals surface area contributed by atoms with Crippen LogP contribution in [0.1, 0.15) is 5.56 Å². The molecule has 14 heavy (non-hydrogen) atoms. The van der Waals surface area contributed by atoms with E-state index in [0.717, 1.165) is 5.56 Å². The summed E-state index contributed by atoms with van der Waals surface area (Å²) < 4.78 is 16.4. The van der Waals surface area contributed by atoms with E-state index >= 15 is 0 Å². The van der Waals surface area contributed by atoms with Crippen molar-refractivity contribution >= 4 is 0 Å². The third-order valence-corrected chi connectivity index (χ3v) is 2.30. The van der Waals surface area contributed by atoms with E-state index in [0.29, 0.717) is 19.8 Å². The average molecular weight is 194 g/mol. The normalized spacial score (nSPS) is 19.8. The van der Waals surface area contributed by atoms with Gasteiger partial charge in [-0.3, -0.25) is 0 Å². The van der Waals surface area contributed by atoms with Gasteiger partial charge in [0.05, 0.1) is 13.2 Å². The van der Waals surface area contributed by atoms with Gasteiger partial charge >= 0.3 is 0 Å². The van der Waals surface area contributed by atoms with Crippen molar-refractivity contribution < 1.29 is 14.2 Å². The maximum atomic E-state index is 5.62. The highest BCUT2D eigenvalue weighted by Crippen LogP contribution is 2.31. The number of benzene rings is 1. The van der Waals surface area contributed by atoms with Crippen LogP contribution in [0.25, 0.3) is 0 Å². The molecule has 0 unspecified atom stereocenters. The van der Waals surface area contributed by atoms with Gasteiger partial charge in [-0.2, -0.15) is 0 Å². The lowest BCUT2D eigenvalue weighted by Gasteiger charge is -2.26. The molecule has 1 aliphatic rings. The quantitative estimate of drug-likeness (QED) is 0.730. The van der Waals surface area contributed by atoms with Crippen LogP contribution in [0.3, 0.4) is 0 Å². The fourth-order valence-corrected chi connectivity index (χ4v) is 1.67. The molecule has 0 bridgehead atoms. The molecule has 0 spiro atoms. The molecule has 1 saturated heterocycles. The van der Waals surface area contributed by atoms with Gasteiger partial charge in [0.1, 0.15) is 6.61 Å². The minimum absolute atomic E-state index is 0.428. The second-order valence-electron chi connectivity index (χ2n) is 3.25. The van der Waals surface area contributed by atoms with E-state index in [-0.39, 0.29) is 0 Å². The molecule has 0 atom stereocenters. The number of ether oxygens (including phenoxy) is 3. The summed E-state index contributed by atoms with van der Waals surface area (Å²) in [5, 5.41) is 0. The standard InChI is InChI=1S/C11H14O3/c1-12-9-11(13-7-8-14-11)10-5-3-2-4-6-10/h2-6H,7-9H2,1H3. The predicted octanol–water partition coefficient (Wildman–Crippen LogP) is 1.53. The van der Waals surface area contributed by atoms with E-state index in [9.17, 15) is 0 Å². The van der Waals surface area contributed by atoms with E-state index in [1.807, 2.05) is 30.3 Å². The first-order chi connectivity index (χ1) is 6.87.